The van der Waals surface area contributed by atoms with E-state index in [9.17, 15) is 4.39 Å². The Morgan fingerprint density at radius 1 is 0.960 bits per heavy atom. The first kappa shape index (κ1) is 16.6. The lowest BCUT2D eigenvalue weighted by atomic mass is 10.1. The molecule has 5 heteroatoms. The van der Waals surface area contributed by atoms with Crippen molar-refractivity contribution in [2.24, 2.45) is 0 Å². The number of nitrogens with zero attached hydrogens (tertiary/aromatic N) is 2. The third kappa shape index (κ3) is 4.88. The van der Waals surface area contributed by atoms with Gasteiger partial charge in [0.15, 0.2) is 0 Å². The van der Waals surface area contributed by atoms with Gasteiger partial charge in [-0.25, -0.2) is 9.97 Å². The lowest BCUT2D eigenvalue weighted by Crippen LogP contribution is -2.08. The van der Waals surface area contributed by atoms with Crippen LogP contribution in [0.4, 0.5) is 15.8 Å². The smallest absolute Gasteiger partial charge is 0.216 e. The molecule has 2 aromatic carbocycles. The molecule has 0 saturated carbocycles. The highest BCUT2D eigenvalue weighted by atomic mass is 19.1. The standard InChI is InChI=1S/C20H19FN4/c1-14-3-7-17(8-4-14)24-15(2)25-18-9-5-16(6-10-18)11-19-12-20(21)23-13-22-19/h3-10,12-13,24-25H,2,11H2,1H3. The van der Waals surface area contributed by atoms with Gasteiger partial charge in [0.2, 0.25) is 5.95 Å². The summed E-state index contributed by atoms with van der Waals surface area (Å²) in [5.74, 6) is 0.177. The highest BCUT2D eigenvalue weighted by Gasteiger charge is 2.02. The van der Waals surface area contributed by atoms with Crippen LogP contribution in [0.15, 0.2) is 73.3 Å². The maximum absolute atomic E-state index is 13.1. The Bertz CT molecular complexity index is 858. The monoisotopic (exact) mass is 334 g/mol. The van der Waals surface area contributed by atoms with Gasteiger partial charge in [-0.05, 0) is 36.8 Å². The molecule has 0 atom stereocenters. The van der Waals surface area contributed by atoms with Crippen LogP contribution in [0.1, 0.15) is 16.8 Å². The second kappa shape index (κ2) is 7.57. The zero-order chi connectivity index (χ0) is 17.6. The van der Waals surface area contributed by atoms with Gasteiger partial charge in [0, 0.05) is 23.9 Å². The molecule has 4 nitrogen and oxygen atoms in total. The molecule has 0 radical (unpaired) electrons. The lowest BCUT2D eigenvalue weighted by Gasteiger charge is -2.13. The first-order chi connectivity index (χ1) is 12.1. The van der Waals surface area contributed by atoms with E-state index in [1.807, 2.05) is 55.5 Å². The van der Waals surface area contributed by atoms with Crippen LogP contribution < -0.4 is 10.6 Å². The van der Waals surface area contributed by atoms with Crippen molar-refractivity contribution in [2.75, 3.05) is 10.6 Å². The third-order valence-electron chi connectivity index (χ3n) is 3.67. The highest BCUT2D eigenvalue weighted by Crippen LogP contribution is 2.16. The van der Waals surface area contributed by atoms with Crippen molar-refractivity contribution in [3.8, 4) is 0 Å². The number of aromatic nitrogens is 2. The molecular formula is C20H19FN4. The Morgan fingerprint density at radius 3 is 2.16 bits per heavy atom. The van der Waals surface area contributed by atoms with Gasteiger partial charge >= 0.3 is 0 Å². The minimum absolute atomic E-state index is 0.512. The Kier molecular flexibility index (Phi) is 5.04. The summed E-state index contributed by atoms with van der Waals surface area (Å²) in [6.45, 7) is 6.04. The fourth-order valence-corrected chi connectivity index (χ4v) is 2.40. The van der Waals surface area contributed by atoms with Crippen LogP contribution >= 0.6 is 0 Å². The van der Waals surface area contributed by atoms with Crippen molar-refractivity contribution < 1.29 is 4.39 Å². The largest absolute Gasteiger partial charge is 0.342 e. The van der Waals surface area contributed by atoms with E-state index in [-0.39, 0.29) is 0 Å². The van der Waals surface area contributed by atoms with Gasteiger partial charge < -0.3 is 10.6 Å². The molecule has 0 aliphatic heterocycles. The molecule has 1 aromatic heterocycles. The maximum Gasteiger partial charge on any atom is 0.216 e. The van der Waals surface area contributed by atoms with E-state index >= 15 is 0 Å². The summed E-state index contributed by atoms with van der Waals surface area (Å²) in [4.78, 5) is 7.53. The minimum Gasteiger partial charge on any atom is -0.342 e. The average molecular weight is 334 g/mol. The second-order valence-electron chi connectivity index (χ2n) is 5.80. The van der Waals surface area contributed by atoms with Crippen LogP contribution in [-0.4, -0.2) is 9.97 Å². The first-order valence-electron chi connectivity index (χ1n) is 7.93. The average Bonchev–Trinajstić information content (AvgIpc) is 2.59. The van der Waals surface area contributed by atoms with Gasteiger partial charge in [0.25, 0.3) is 0 Å². The van der Waals surface area contributed by atoms with Crippen molar-refractivity contribution in [1.82, 2.24) is 9.97 Å². The zero-order valence-electron chi connectivity index (χ0n) is 14.0. The van der Waals surface area contributed by atoms with E-state index in [4.69, 9.17) is 0 Å². The van der Waals surface area contributed by atoms with Crippen molar-refractivity contribution in [3.05, 3.63) is 96.1 Å². The number of anilines is 2. The van der Waals surface area contributed by atoms with Crippen molar-refractivity contribution in [3.63, 3.8) is 0 Å². The normalized spacial score (nSPS) is 10.3. The zero-order valence-corrected chi connectivity index (χ0v) is 14.0. The summed E-state index contributed by atoms with van der Waals surface area (Å²) < 4.78 is 13.1. The fourth-order valence-electron chi connectivity index (χ4n) is 2.40. The second-order valence-corrected chi connectivity index (χ2v) is 5.80. The molecule has 3 rings (SSSR count). The van der Waals surface area contributed by atoms with E-state index in [2.05, 4.69) is 27.2 Å². The number of hydrogen-bond donors (Lipinski definition) is 2. The van der Waals surface area contributed by atoms with E-state index in [0.29, 0.717) is 17.9 Å². The number of halogens is 1. The SMILES string of the molecule is C=C(Nc1ccc(C)cc1)Nc1ccc(Cc2cc(F)ncn2)cc1. The molecule has 126 valence electrons. The quantitative estimate of drug-likeness (QED) is 0.651. The van der Waals surface area contributed by atoms with Crippen LogP contribution in [0.25, 0.3) is 0 Å². The molecule has 0 saturated heterocycles. The molecule has 0 aliphatic rings. The van der Waals surface area contributed by atoms with Gasteiger partial charge in [-0.15, -0.1) is 0 Å². The number of nitrogens with one attached hydrogen (secondary N) is 2. The molecule has 25 heavy (non-hydrogen) atoms. The lowest BCUT2D eigenvalue weighted by molar-refractivity contribution is 0.576. The van der Waals surface area contributed by atoms with Gasteiger partial charge in [0.1, 0.15) is 12.1 Å². The van der Waals surface area contributed by atoms with Gasteiger partial charge in [-0.3, -0.25) is 0 Å². The first-order valence-corrected chi connectivity index (χ1v) is 7.93. The number of rotatable bonds is 6. The molecule has 0 fully saturated rings. The van der Waals surface area contributed by atoms with Gasteiger partial charge in [0.05, 0.1) is 5.69 Å². The number of benzene rings is 2. The summed E-state index contributed by atoms with van der Waals surface area (Å²) in [5.41, 5.74) is 4.80. The number of hydrogen-bond acceptors (Lipinski definition) is 4. The van der Waals surface area contributed by atoms with Crippen LogP contribution in [0, 0.1) is 12.9 Å². The molecule has 0 bridgehead atoms. The van der Waals surface area contributed by atoms with Crippen LogP contribution in [0.2, 0.25) is 0 Å². The molecule has 1 heterocycles. The minimum atomic E-state index is -0.512. The molecule has 2 N–H and O–H groups in total. The van der Waals surface area contributed by atoms with Gasteiger partial charge in [-0.2, -0.15) is 4.39 Å². The summed E-state index contributed by atoms with van der Waals surface area (Å²) in [6, 6.07) is 17.3. The topological polar surface area (TPSA) is 49.8 Å². The summed E-state index contributed by atoms with van der Waals surface area (Å²) in [5, 5.41) is 6.43. The predicted octanol–water partition coefficient (Wildman–Crippen LogP) is 4.51. The summed E-state index contributed by atoms with van der Waals surface area (Å²) in [7, 11) is 0. The Labute approximate surface area is 146 Å². The van der Waals surface area contributed by atoms with Crippen molar-refractivity contribution in [2.45, 2.75) is 13.3 Å². The van der Waals surface area contributed by atoms with Gasteiger partial charge in [-0.1, -0.05) is 36.4 Å². The van der Waals surface area contributed by atoms with E-state index in [1.165, 1.54) is 18.0 Å². The fraction of sp³-hybridized carbons (Fsp3) is 0.100. The van der Waals surface area contributed by atoms with Crippen molar-refractivity contribution >= 4 is 11.4 Å². The molecule has 0 aliphatic carbocycles. The number of aryl methyl sites for hydroxylation is 1. The van der Waals surface area contributed by atoms with E-state index in [0.717, 1.165) is 16.9 Å². The molecule has 3 aromatic rings. The van der Waals surface area contributed by atoms with Crippen LogP contribution in [-0.2, 0) is 6.42 Å². The third-order valence-corrected chi connectivity index (χ3v) is 3.67. The van der Waals surface area contributed by atoms with E-state index in [1.54, 1.807) is 0 Å². The van der Waals surface area contributed by atoms with E-state index < -0.39 is 5.95 Å². The van der Waals surface area contributed by atoms with Crippen molar-refractivity contribution in [1.29, 1.82) is 0 Å². The summed E-state index contributed by atoms with van der Waals surface area (Å²) >= 11 is 0. The Hall–Kier alpha value is -3.21. The van der Waals surface area contributed by atoms with Crippen LogP contribution in [0.3, 0.4) is 0 Å². The molecular weight excluding hydrogens is 315 g/mol. The Morgan fingerprint density at radius 2 is 1.56 bits per heavy atom. The maximum atomic E-state index is 13.1. The molecule has 0 spiro atoms. The summed E-state index contributed by atoms with van der Waals surface area (Å²) in [6.07, 6.45) is 1.80. The molecule has 0 unspecified atom stereocenters. The highest BCUT2D eigenvalue weighted by molar-refractivity contribution is 5.56. The van der Waals surface area contributed by atoms with Crippen LogP contribution in [0.5, 0.6) is 0 Å². The predicted molar refractivity (Wildman–Crippen MR) is 98.8 cm³/mol. The molecule has 0 amide bonds. The Balaban J connectivity index is 1.58.